The van der Waals surface area contributed by atoms with Crippen LogP contribution in [-0.2, 0) is 19.1 Å². The highest BCUT2D eigenvalue weighted by molar-refractivity contribution is 9.10. The van der Waals surface area contributed by atoms with Crippen LogP contribution >= 0.6 is 39.1 Å². The summed E-state index contributed by atoms with van der Waals surface area (Å²) in [5.41, 5.74) is 6.40. The van der Waals surface area contributed by atoms with E-state index < -0.39 is 55.5 Å². The number of rotatable bonds is 6. The molecular weight excluding hydrogens is 497 g/mol. The maximum Gasteiger partial charge on any atom is 0.323 e. The van der Waals surface area contributed by atoms with Crippen LogP contribution in [0.15, 0.2) is 16.9 Å². The number of carboxylic acid groups (broad SMARTS) is 1. The van der Waals surface area contributed by atoms with Gasteiger partial charge in [0.25, 0.3) is 0 Å². The number of imidazole rings is 1. The van der Waals surface area contributed by atoms with Crippen molar-refractivity contribution in [3.05, 3.63) is 26.9 Å². The molecule has 1 aromatic carbocycles. The molecule has 2 aromatic rings. The van der Waals surface area contributed by atoms with E-state index in [2.05, 4.69) is 20.9 Å². The number of ether oxygens (including phenoxy) is 2. The number of aromatic nitrogens is 2. The van der Waals surface area contributed by atoms with Crippen LogP contribution in [0, 0.1) is 0 Å². The van der Waals surface area contributed by atoms with Gasteiger partial charge in [-0.1, -0.05) is 23.2 Å². The Bertz CT molecular complexity index is 956. The molecule has 1 fully saturated rings. The van der Waals surface area contributed by atoms with Crippen molar-refractivity contribution < 1.29 is 34.4 Å². The Hall–Kier alpha value is -1.47. The number of hydrogen-bond donors (Lipinski definition) is 4. The van der Waals surface area contributed by atoms with Gasteiger partial charge in [0.15, 0.2) is 11.0 Å². The molecule has 1 unspecified atom stereocenters. The smallest absolute Gasteiger partial charge is 0.323 e. The molecule has 29 heavy (non-hydrogen) atoms. The van der Waals surface area contributed by atoms with E-state index >= 15 is 0 Å². The van der Waals surface area contributed by atoms with E-state index in [1.807, 2.05) is 0 Å². The highest BCUT2D eigenvalue weighted by Crippen LogP contribution is 2.37. The Kier molecular flexibility index (Phi) is 6.68. The molecule has 3 rings (SSSR count). The lowest BCUT2D eigenvalue weighted by atomic mass is 10.1. The molecule has 10 nitrogen and oxygen atoms in total. The van der Waals surface area contributed by atoms with Crippen molar-refractivity contribution in [2.24, 2.45) is 5.73 Å². The van der Waals surface area contributed by atoms with Crippen LogP contribution < -0.4 is 5.73 Å². The molecule has 0 amide bonds. The molecule has 13 heteroatoms. The van der Waals surface area contributed by atoms with Crippen molar-refractivity contribution in [3.8, 4) is 0 Å². The lowest BCUT2D eigenvalue weighted by Crippen LogP contribution is -2.38. The molecular formula is C16H16BrCl2N3O7. The van der Waals surface area contributed by atoms with Crippen molar-refractivity contribution in [1.29, 1.82) is 0 Å². The summed E-state index contributed by atoms with van der Waals surface area (Å²) >= 11 is 15.3. The van der Waals surface area contributed by atoms with E-state index in [9.17, 15) is 19.8 Å². The van der Waals surface area contributed by atoms with E-state index in [1.54, 1.807) is 6.07 Å². The Morgan fingerprint density at radius 1 is 1.31 bits per heavy atom. The molecule has 5 N–H and O–H groups in total. The van der Waals surface area contributed by atoms with Crippen molar-refractivity contribution in [1.82, 2.24) is 9.55 Å². The topological polar surface area (TPSA) is 157 Å². The van der Waals surface area contributed by atoms with Gasteiger partial charge in [-0.05, 0) is 28.1 Å². The van der Waals surface area contributed by atoms with Gasteiger partial charge in [-0.15, -0.1) is 0 Å². The third-order valence-corrected chi connectivity index (χ3v) is 5.65. The first-order valence-electron chi connectivity index (χ1n) is 8.28. The number of fused-ring (bicyclic) bond motifs is 1. The Morgan fingerprint density at radius 3 is 2.62 bits per heavy atom. The summed E-state index contributed by atoms with van der Waals surface area (Å²) in [4.78, 5) is 26.7. The lowest BCUT2D eigenvalue weighted by Gasteiger charge is -2.18. The Morgan fingerprint density at radius 2 is 1.97 bits per heavy atom. The van der Waals surface area contributed by atoms with Gasteiger partial charge in [-0.2, -0.15) is 0 Å². The zero-order valence-electron chi connectivity index (χ0n) is 14.5. The number of esters is 1. The number of carboxylic acids is 1. The van der Waals surface area contributed by atoms with Crippen LogP contribution in [0.4, 0.5) is 0 Å². The monoisotopic (exact) mass is 511 g/mol. The molecule has 1 aromatic heterocycles. The summed E-state index contributed by atoms with van der Waals surface area (Å²) in [5, 5.41) is 30.0. The zero-order valence-corrected chi connectivity index (χ0v) is 17.6. The first-order valence-corrected chi connectivity index (χ1v) is 9.83. The Labute approximate surface area is 182 Å². The van der Waals surface area contributed by atoms with Crippen molar-refractivity contribution in [3.63, 3.8) is 0 Å². The molecule has 0 saturated carbocycles. The minimum Gasteiger partial charge on any atom is -0.481 e. The molecule has 1 aliphatic heterocycles. The van der Waals surface area contributed by atoms with Gasteiger partial charge >= 0.3 is 11.9 Å². The molecule has 0 aliphatic carbocycles. The third-order valence-electron chi connectivity index (χ3n) is 4.37. The second-order valence-corrected chi connectivity index (χ2v) is 7.91. The number of aliphatic carboxylic acids is 1. The number of aliphatic hydroxyl groups is 2. The molecule has 5 atom stereocenters. The van der Waals surface area contributed by atoms with Crippen molar-refractivity contribution in [2.75, 3.05) is 6.61 Å². The number of carbonyl (C=O) groups is 2. The van der Waals surface area contributed by atoms with Crippen molar-refractivity contribution >= 4 is 62.1 Å². The van der Waals surface area contributed by atoms with Crippen LogP contribution in [0.2, 0.25) is 10.0 Å². The van der Waals surface area contributed by atoms with Gasteiger partial charge in [0.05, 0.1) is 27.5 Å². The van der Waals surface area contributed by atoms with Crippen LogP contribution in [0.25, 0.3) is 11.0 Å². The molecule has 0 spiro atoms. The first-order chi connectivity index (χ1) is 13.6. The van der Waals surface area contributed by atoms with Gasteiger partial charge in [-0.25, -0.2) is 4.98 Å². The highest BCUT2D eigenvalue weighted by Gasteiger charge is 2.45. The number of nitrogens with two attached hydrogens (primary N) is 1. The van der Waals surface area contributed by atoms with E-state index in [4.69, 9.17) is 43.5 Å². The summed E-state index contributed by atoms with van der Waals surface area (Å²) in [6.07, 6.45) is -5.53. The van der Waals surface area contributed by atoms with Gasteiger partial charge in [0.1, 0.15) is 31.0 Å². The standard InChI is InChI=1S/C16H16BrCl2N3O7/c17-16-21-8-1-5(18)6(19)2-9(8)22(16)14-13(26)12(25)10(29-14)4-28-15(27)7(20)3-11(23)24/h1-2,7,10,12-14,25-26H,3-4,20H2,(H,23,24)/t7-,10+,12+,13+,14?/m0/s1. The van der Waals surface area contributed by atoms with Gasteiger partial charge < -0.3 is 30.5 Å². The van der Waals surface area contributed by atoms with E-state index in [-0.39, 0.29) is 5.02 Å². The molecule has 1 aliphatic rings. The summed E-state index contributed by atoms with van der Waals surface area (Å²) in [6, 6.07) is 1.73. The largest absolute Gasteiger partial charge is 0.481 e. The highest BCUT2D eigenvalue weighted by atomic mass is 79.9. The molecule has 0 radical (unpaired) electrons. The summed E-state index contributed by atoms with van der Waals surface area (Å²) in [7, 11) is 0. The number of carbonyl (C=O) groups excluding carboxylic acids is 1. The maximum atomic E-state index is 11.8. The van der Waals surface area contributed by atoms with Crippen LogP contribution in [0.3, 0.4) is 0 Å². The maximum absolute atomic E-state index is 11.8. The predicted octanol–water partition coefficient (Wildman–Crippen LogP) is 1.07. The number of hydrogen-bond acceptors (Lipinski definition) is 8. The quantitative estimate of drug-likeness (QED) is 0.415. The second kappa shape index (κ2) is 8.72. The number of benzene rings is 1. The fourth-order valence-corrected chi connectivity index (χ4v) is 3.83. The number of aliphatic hydroxyl groups excluding tert-OH is 2. The molecule has 0 bridgehead atoms. The zero-order chi connectivity index (χ0) is 21.5. The third kappa shape index (κ3) is 4.50. The second-order valence-electron chi connectivity index (χ2n) is 6.39. The average molecular weight is 513 g/mol. The van der Waals surface area contributed by atoms with E-state index in [1.165, 1.54) is 10.6 Å². The molecule has 158 valence electrons. The molecule has 2 heterocycles. The minimum absolute atomic E-state index is 0.263. The SMILES string of the molecule is N[C@@H](CC(=O)O)C(=O)OC[C@H]1OC(n2c(Br)nc3cc(Cl)c(Cl)cc32)[C@H](O)[C@@H]1O. The normalized spacial score (nSPS) is 25.3. The van der Waals surface area contributed by atoms with Gasteiger partial charge in [0.2, 0.25) is 0 Å². The van der Waals surface area contributed by atoms with E-state index in [0.717, 1.165) is 0 Å². The first kappa shape index (κ1) is 22.2. The van der Waals surface area contributed by atoms with Gasteiger partial charge in [0, 0.05) is 0 Å². The predicted molar refractivity (Wildman–Crippen MR) is 105 cm³/mol. The van der Waals surface area contributed by atoms with E-state index in [0.29, 0.717) is 20.8 Å². The molecule has 1 saturated heterocycles. The summed E-state index contributed by atoms with van der Waals surface area (Å²) in [5.74, 6) is -2.21. The average Bonchev–Trinajstić information content (AvgIpc) is 3.09. The van der Waals surface area contributed by atoms with Crippen molar-refractivity contribution in [2.45, 2.75) is 37.0 Å². The summed E-state index contributed by atoms with van der Waals surface area (Å²) in [6.45, 7) is -0.433. The number of nitrogens with zero attached hydrogens (tertiary/aromatic N) is 2. The minimum atomic E-state index is -1.39. The summed E-state index contributed by atoms with van der Waals surface area (Å²) < 4.78 is 12.4. The lowest BCUT2D eigenvalue weighted by molar-refractivity contribution is -0.154. The van der Waals surface area contributed by atoms with Crippen LogP contribution in [0.5, 0.6) is 0 Å². The van der Waals surface area contributed by atoms with Gasteiger partial charge in [-0.3, -0.25) is 14.2 Å². The van der Waals surface area contributed by atoms with Crippen LogP contribution in [-0.4, -0.2) is 67.8 Å². The fourth-order valence-electron chi connectivity index (χ4n) is 2.93. The number of halogens is 3. The van der Waals surface area contributed by atoms with Crippen LogP contribution in [0.1, 0.15) is 12.6 Å². The Balaban J connectivity index is 1.77. The fraction of sp³-hybridized carbons (Fsp3) is 0.438.